The second kappa shape index (κ2) is 10.0. The van der Waals surface area contributed by atoms with Crippen molar-refractivity contribution in [2.75, 3.05) is 20.2 Å². The van der Waals surface area contributed by atoms with E-state index in [4.69, 9.17) is 10.5 Å². The number of rotatable bonds is 8. The Hall–Kier alpha value is -3.09. The predicted octanol–water partition coefficient (Wildman–Crippen LogP) is 1.60. The standard InChI is InChI=1S/C19H23FN4O2/c1-22-19(23-10-9-14-5-7-16(20)8-6-14)24-12-15-3-2-4-17(11-15)26-13-18(21)25/h2-8,11H,9-10,12-13H2,1H3,(H2,21,25)(H2,22,23,24). The summed E-state index contributed by atoms with van der Waals surface area (Å²) in [5.41, 5.74) is 7.10. The van der Waals surface area contributed by atoms with Crippen molar-refractivity contribution in [3.8, 4) is 5.75 Å². The molecule has 0 saturated heterocycles. The molecular formula is C19H23FN4O2. The number of carbonyl (C=O) groups is 1. The Morgan fingerprint density at radius 3 is 2.62 bits per heavy atom. The maximum atomic E-state index is 12.9. The molecule has 0 unspecified atom stereocenters. The van der Waals surface area contributed by atoms with Crippen molar-refractivity contribution < 1.29 is 13.9 Å². The molecule has 0 aliphatic rings. The first-order valence-corrected chi connectivity index (χ1v) is 8.26. The third-order valence-corrected chi connectivity index (χ3v) is 3.58. The Morgan fingerprint density at radius 1 is 1.15 bits per heavy atom. The molecule has 2 aromatic rings. The van der Waals surface area contributed by atoms with Crippen LogP contribution in [-0.4, -0.2) is 32.1 Å². The first-order chi connectivity index (χ1) is 12.6. The molecule has 0 aliphatic heterocycles. The van der Waals surface area contributed by atoms with Crippen molar-refractivity contribution in [1.29, 1.82) is 0 Å². The molecule has 0 atom stereocenters. The van der Waals surface area contributed by atoms with E-state index in [9.17, 15) is 9.18 Å². The van der Waals surface area contributed by atoms with Gasteiger partial charge in [-0.05, 0) is 41.8 Å². The van der Waals surface area contributed by atoms with E-state index in [1.165, 1.54) is 12.1 Å². The Labute approximate surface area is 152 Å². The lowest BCUT2D eigenvalue weighted by atomic mass is 10.1. The molecule has 2 rings (SSSR count). The Morgan fingerprint density at radius 2 is 1.92 bits per heavy atom. The average Bonchev–Trinajstić information content (AvgIpc) is 2.64. The van der Waals surface area contributed by atoms with Gasteiger partial charge in [-0.2, -0.15) is 0 Å². The predicted molar refractivity (Wildman–Crippen MR) is 99.4 cm³/mol. The van der Waals surface area contributed by atoms with Gasteiger partial charge in [0, 0.05) is 20.1 Å². The smallest absolute Gasteiger partial charge is 0.255 e. The molecule has 0 aliphatic carbocycles. The van der Waals surface area contributed by atoms with Gasteiger partial charge in [-0.25, -0.2) is 4.39 Å². The van der Waals surface area contributed by atoms with Gasteiger partial charge in [0.25, 0.3) is 5.91 Å². The lowest BCUT2D eigenvalue weighted by Crippen LogP contribution is -2.37. The Balaban J connectivity index is 1.78. The molecule has 26 heavy (non-hydrogen) atoms. The van der Waals surface area contributed by atoms with Crippen LogP contribution in [0.1, 0.15) is 11.1 Å². The summed E-state index contributed by atoms with van der Waals surface area (Å²) in [4.78, 5) is 14.9. The number of carbonyl (C=O) groups excluding carboxylic acids is 1. The zero-order valence-corrected chi connectivity index (χ0v) is 14.7. The van der Waals surface area contributed by atoms with Crippen molar-refractivity contribution in [3.05, 3.63) is 65.5 Å². The van der Waals surface area contributed by atoms with Crippen LogP contribution in [0.3, 0.4) is 0 Å². The summed E-state index contributed by atoms with van der Waals surface area (Å²) >= 11 is 0. The molecule has 0 heterocycles. The topological polar surface area (TPSA) is 88.7 Å². The number of hydrogen-bond acceptors (Lipinski definition) is 3. The van der Waals surface area contributed by atoms with Crippen LogP contribution in [0.25, 0.3) is 0 Å². The van der Waals surface area contributed by atoms with Gasteiger partial charge in [-0.15, -0.1) is 0 Å². The van der Waals surface area contributed by atoms with Crippen molar-refractivity contribution in [2.45, 2.75) is 13.0 Å². The second-order valence-electron chi connectivity index (χ2n) is 5.63. The molecule has 0 radical (unpaired) electrons. The van der Waals surface area contributed by atoms with Crippen molar-refractivity contribution in [3.63, 3.8) is 0 Å². The van der Waals surface area contributed by atoms with Gasteiger partial charge in [0.15, 0.2) is 12.6 Å². The van der Waals surface area contributed by atoms with E-state index in [-0.39, 0.29) is 12.4 Å². The van der Waals surface area contributed by atoms with Crippen molar-refractivity contribution in [2.24, 2.45) is 10.7 Å². The normalized spacial score (nSPS) is 11.1. The van der Waals surface area contributed by atoms with Crippen molar-refractivity contribution in [1.82, 2.24) is 10.6 Å². The maximum Gasteiger partial charge on any atom is 0.255 e. The minimum Gasteiger partial charge on any atom is -0.484 e. The van der Waals surface area contributed by atoms with E-state index in [1.807, 2.05) is 18.2 Å². The van der Waals surface area contributed by atoms with E-state index in [1.54, 1.807) is 25.2 Å². The number of halogens is 1. The van der Waals surface area contributed by atoms with Crippen molar-refractivity contribution >= 4 is 11.9 Å². The van der Waals surface area contributed by atoms with Crippen LogP contribution in [-0.2, 0) is 17.8 Å². The van der Waals surface area contributed by atoms with E-state index in [0.717, 1.165) is 17.5 Å². The molecule has 4 N–H and O–H groups in total. The average molecular weight is 358 g/mol. The first-order valence-electron chi connectivity index (χ1n) is 8.26. The summed E-state index contributed by atoms with van der Waals surface area (Å²) in [5, 5.41) is 6.42. The van der Waals surface area contributed by atoms with Gasteiger partial charge in [0.1, 0.15) is 11.6 Å². The molecule has 0 aromatic heterocycles. The molecule has 0 spiro atoms. The molecule has 6 nitrogen and oxygen atoms in total. The summed E-state index contributed by atoms with van der Waals surface area (Å²) in [6.45, 7) is 1.07. The van der Waals surface area contributed by atoms with Gasteiger partial charge in [0.2, 0.25) is 0 Å². The number of nitrogens with one attached hydrogen (secondary N) is 2. The number of ether oxygens (including phenoxy) is 1. The number of nitrogens with two attached hydrogens (primary N) is 1. The van der Waals surface area contributed by atoms with Gasteiger partial charge >= 0.3 is 0 Å². The fraction of sp³-hybridized carbons (Fsp3) is 0.263. The van der Waals surface area contributed by atoms with E-state index in [2.05, 4.69) is 15.6 Å². The summed E-state index contributed by atoms with van der Waals surface area (Å²) in [7, 11) is 1.69. The minimum atomic E-state index is -0.515. The molecule has 138 valence electrons. The minimum absolute atomic E-state index is 0.149. The number of benzene rings is 2. The van der Waals surface area contributed by atoms with Gasteiger partial charge in [-0.3, -0.25) is 9.79 Å². The molecular weight excluding hydrogens is 335 g/mol. The van der Waals surface area contributed by atoms with E-state index >= 15 is 0 Å². The Kier molecular flexibility index (Phi) is 7.42. The molecule has 7 heteroatoms. The number of primary amides is 1. The first kappa shape index (κ1) is 19.2. The highest BCUT2D eigenvalue weighted by Gasteiger charge is 2.02. The Bertz CT molecular complexity index is 747. The van der Waals surface area contributed by atoms with Crippen LogP contribution < -0.4 is 21.1 Å². The SMILES string of the molecule is CN=C(NCCc1ccc(F)cc1)NCc1cccc(OCC(N)=O)c1. The molecule has 0 fully saturated rings. The van der Waals surface area contributed by atoms with Gasteiger partial charge < -0.3 is 21.1 Å². The molecule has 2 aromatic carbocycles. The highest BCUT2D eigenvalue weighted by Crippen LogP contribution is 2.13. The maximum absolute atomic E-state index is 12.9. The number of aliphatic imine (C=N–C) groups is 1. The molecule has 1 amide bonds. The monoisotopic (exact) mass is 358 g/mol. The van der Waals surface area contributed by atoms with Crippen LogP contribution in [0.4, 0.5) is 4.39 Å². The third-order valence-electron chi connectivity index (χ3n) is 3.58. The second-order valence-corrected chi connectivity index (χ2v) is 5.63. The fourth-order valence-electron chi connectivity index (χ4n) is 2.28. The number of nitrogens with zero attached hydrogens (tertiary/aromatic N) is 1. The van der Waals surface area contributed by atoms with Crippen LogP contribution in [0.2, 0.25) is 0 Å². The van der Waals surface area contributed by atoms with E-state index < -0.39 is 5.91 Å². The highest BCUT2D eigenvalue weighted by atomic mass is 19.1. The largest absolute Gasteiger partial charge is 0.484 e. The summed E-state index contributed by atoms with van der Waals surface area (Å²) < 4.78 is 18.2. The number of guanidine groups is 1. The third kappa shape index (κ3) is 6.80. The van der Waals surface area contributed by atoms with Crippen LogP contribution >= 0.6 is 0 Å². The molecule has 0 saturated carbocycles. The van der Waals surface area contributed by atoms with Gasteiger partial charge in [-0.1, -0.05) is 24.3 Å². The summed E-state index contributed by atoms with van der Waals surface area (Å²) in [6.07, 6.45) is 0.761. The molecule has 0 bridgehead atoms. The van der Waals surface area contributed by atoms with E-state index in [0.29, 0.717) is 24.8 Å². The van der Waals surface area contributed by atoms with Crippen LogP contribution in [0.5, 0.6) is 5.75 Å². The fourth-order valence-corrected chi connectivity index (χ4v) is 2.28. The lowest BCUT2D eigenvalue weighted by molar-refractivity contribution is -0.119. The highest BCUT2D eigenvalue weighted by molar-refractivity contribution is 5.79. The number of amides is 1. The zero-order valence-electron chi connectivity index (χ0n) is 14.7. The van der Waals surface area contributed by atoms with Crippen LogP contribution in [0, 0.1) is 5.82 Å². The van der Waals surface area contributed by atoms with Crippen LogP contribution in [0.15, 0.2) is 53.5 Å². The summed E-state index contributed by atoms with van der Waals surface area (Å²) in [6, 6.07) is 13.8. The quantitative estimate of drug-likeness (QED) is 0.494. The lowest BCUT2D eigenvalue weighted by Gasteiger charge is -2.12. The zero-order chi connectivity index (χ0) is 18.8. The number of hydrogen-bond donors (Lipinski definition) is 3. The van der Waals surface area contributed by atoms with Gasteiger partial charge in [0.05, 0.1) is 0 Å². The summed E-state index contributed by atoms with van der Waals surface area (Å²) in [5.74, 6) is 0.499.